The van der Waals surface area contributed by atoms with E-state index in [-0.39, 0.29) is 16.6 Å². The van der Waals surface area contributed by atoms with Gasteiger partial charge in [0.05, 0.1) is 11.5 Å². The minimum absolute atomic E-state index is 0.0344. The van der Waals surface area contributed by atoms with Gasteiger partial charge >= 0.3 is 0 Å². The van der Waals surface area contributed by atoms with Gasteiger partial charge in [0.25, 0.3) is 10.0 Å². The van der Waals surface area contributed by atoms with E-state index in [2.05, 4.69) is 4.98 Å². The van der Waals surface area contributed by atoms with Gasteiger partial charge in [0.1, 0.15) is 5.82 Å². The summed E-state index contributed by atoms with van der Waals surface area (Å²) in [7, 11) is -1.88. The van der Waals surface area contributed by atoms with E-state index in [9.17, 15) is 8.42 Å². The van der Waals surface area contributed by atoms with E-state index in [0.717, 1.165) is 0 Å². The van der Waals surface area contributed by atoms with Crippen LogP contribution in [-0.4, -0.2) is 40.4 Å². The van der Waals surface area contributed by atoms with E-state index in [1.54, 1.807) is 18.5 Å². The molecule has 0 amide bonds. The highest BCUT2D eigenvalue weighted by molar-refractivity contribution is 7.89. The van der Waals surface area contributed by atoms with Crippen molar-refractivity contribution < 1.29 is 8.42 Å². The number of rotatable bonds is 6. The second kappa shape index (κ2) is 5.77. The Morgan fingerprint density at radius 2 is 2.22 bits per heavy atom. The molecule has 0 aliphatic heterocycles. The summed E-state index contributed by atoms with van der Waals surface area (Å²) in [5, 5.41) is 0.0344. The minimum Gasteiger partial charge on any atom is -0.392 e. The molecular weight excluding hydrogens is 272 g/mol. The Labute approximate surface area is 113 Å². The summed E-state index contributed by atoms with van der Waals surface area (Å²) >= 11 is 4.78. The van der Waals surface area contributed by atoms with E-state index >= 15 is 0 Å². The lowest BCUT2D eigenvalue weighted by atomic mass is 10.5. The third-order valence-electron chi connectivity index (χ3n) is 2.50. The summed E-state index contributed by atoms with van der Waals surface area (Å²) in [6, 6.07) is 0. The maximum atomic E-state index is 12.4. The van der Waals surface area contributed by atoms with Gasteiger partial charge in [-0.15, -0.1) is 0 Å². The summed E-state index contributed by atoms with van der Waals surface area (Å²) < 4.78 is 27.6. The van der Waals surface area contributed by atoms with Crippen molar-refractivity contribution in [1.82, 2.24) is 13.9 Å². The first kappa shape index (κ1) is 15.1. The van der Waals surface area contributed by atoms with Gasteiger partial charge in [0.15, 0.2) is 5.03 Å². The van der Waals surface area contributed by atoms with Crippen molar-refractivity contribution in [1.29, 1.82) is 0 Å². The lowest BCUT2D eigenvalue weighted by molar-refractivity contribution is 0.447. The van der Waals surface area contributed by atoms with Crippen LogP contribution in [0.1, 0.15) is 19.2 Å². The molecule has 6 nitrogen and oxygen atoms in total. The van der Waals surface area contributed by atoms with Crippen LogP contribution in [0, 0.1) is 6.92 Å². The number of sulfonamides is 1. The van der Waals surface area contributed by atoms with Crippen LogP contribution in [0.5, 0.6) is 0 Å². The van der Waals surface area contributed by atoms with Gasteiger partial charge in [-0.05, 0) is 13.3 Å². The number of nitrogens with zero attached hydrogens (tertiary/aromatic N) is 3. The first-order chi connectivity index (χ1) is 8.28. The maximum absolute atomic E-state index is 12.4. The Morgan fingerprint density at radius 3 is 2.61 bits per heavy atom. The second-order valence-corrected chi connectivity index (χ2v) is 6.45. The Morgan fingerprint density at radius 1 is 1.61 bits per heavy atom. The highest BCUT2D eigenvalue weighted by Gasteiger charge is 2.27. The maximum Gasteiger partial charge on any atom is 0.262 e. The topological polar surface area (TPSA) is 81.2 Å². The molecule has 2 N–H and O–H groups in total. The van der Waals surface area contributed by atoms with Crippen LogP contribution in [0.2, 0.25) is 0 Å². The highest BCUT2D eigenvalue weighted by atomic mass is 32.2. The van der Waals surface area contributed by atoms with Crippen molar-refractivity contribution in [3.8, 4) is 0 Å². The fourth-order valence-electron chi connectivity index (χ4n) is 1.49. The number of nitrogens with two attached hydrogens (primary N) is 1. The Bertz CT molecular complexity index is 517. The quantitative estimate of drug-likeness (QED) is 0.768. The largest absolute Gasteiger partial charge is 0.392 e. The number of hydrogen-bond donors (Lipinski definition) is 1. The standard InChI is InChI=1S/C10H18N4O2S2/c1-4-5-14(6-9(11)17)18(15,16)10-7-13(3)8(2)12-10/h7H,4-6H2,1-3H3,(H2,11,17). The van der Waals surface area contributed by atoms with Crippen LogP contribution in [0.4, 0.5) is 0 Å². The normalized spacial score (nSPS) is 12.0. The lowest BCUT2D eigenvalue weighted by Crippen LogP contribution is -2.38. The molecule has 0 aliphatic rings. The first-order valence-corrected chi connectivity index (χ1v) is 7.42. The molecule has 102 valence electrons. The molecular formula is C10H18N4O2S2. The third-order valence-corrected chi connectivity index (χ3v) is 4.34. The molecule has 18 heavy (non-hydrogen) atoms. The van der Waals surface area contributed by atoms with Crippen LogP contribution in [-0.2, 0) is 17.1 Å². The van der Waals surface area contributed by atoms with Crippen LogP contribution in [0.3, 0.4) is 0 Å². The summed E-state index contributed by atoms with van der Waals surface area (Å²) in [6.07, 6.45) is 2.18. The highest BCUT2D eigenvalue weighted by Crippen LogP contribution is 2.14. The van der Waals surface area contributed by atoms with Crippen molar-refractivity contribution in [2.45, 2.75) is 25.3 Å². The molecule has 8 heteroatoms. The van der Waals surface area contributed by atoms with E-state index in [0.29, 0.717) is 18.8 Å². The number of thiocarbonyl (C=S) groups is 1. The van der Waals surface area contributed by atoms with Crippen LogP contribution < -0.4 is 5.73 Å². The molecule has 1 aromatic rings. The van der Waals surface area contributed by atoms with E-state index < -0.39 is 10.0 Å². The summed E-state index contributed by atoms with van der Waals surface area (Å²) in [4.78, 5) is 4.19. The number of imidazole rings is 1. The minimum atomic E-state index is -3.63. The molecule has 0 spiro atoms. The molecule has 0 aromatic carbocycles. The molecule has 1 heterocycles. The van der Waals surface area contributed by atoms with Gasteiger partial charge < -0.3 is 10.3 Å². The van der Waals surface area contributed by atoms with E-state index in [4.69, 9.17) is 18.0 Å². The molecule has 0 aliphatic carbocycles. The summed E-state index contributed by atoms with van der Waals surface area (Å²) in [5.74, 6) is 0.639. The summed E-state index contributed by atoms with van der Waals surface area (Å²) in [6.45, 7) is 4.05. The molecule has 0 atom stereocenters. The van der Waals surface area contributed by atoms with Crippen LogP contribution >= 0.6 is 12.2 Å². The van der Waals surface area contributed by atoms with Crippen molar-refractivity contribution in [3.05, 3.63) is 12.0 Å². The van der Waals surface area contributed by atoms with Crippen molar-refractivity contribution in [2.24, 2.45) is 12.8 Å². The fraction of sp³-hybridized carbons (Fsp3) is 0.600. The summed E-state index contributed by atoms with van der Waals surface area (Å²) in [5.41, 5.74) is 5.43. The fourth-order valence-corrected chi connectivity index (χ4v) is 3.26. The van der Waals surface area contributed by atoms with E-state index in [1.165, 1.54) is 10.5 Å². The Balaban J connectivity index is 3.12. The SMILES string of the molecule is CCCN(CC(N)=S)S(=O)(=O)c1cn(C)c(C)n1. The molecule has 0 saturated heterocycles. The average molecular weight is 290 g/mol. The molecule has 0 bridgehead atoms. The van der Waals surface area contributed by atoms with Crippen molar-refractivity contribution in [2.75, 3.05) is 13.1 Å². The Hall–Kier alpha value is -0.990. The number of aromatic nitrogens is 2. The average Bonchev–Trinajstić information content (AvgIpc) is 2.59. The lowest BCUT2D eigenvalue weighted by Gasteiger charge is -2.19. The van der Waals surface area contributed by atoms with E-state index in [1.807, 2.05) is 6.92 Å². The van der Waals surface area contributed by atoms with Crippen molar-refractivity contribution in [3.63, 3.8) is 0 Å². The van der Waals surface area contributed by atoms with Gasteiger partial charge in [0, 0.05) is 19.8 Å². The van der Waals surface area contributed by atoms with Gasteiger partial charge in [0.2, 0.25) is 0 Å². The van der Waals surface area contributed by atoms with Crippen LogP contribution in [0.15, 0.2) is 11.2 Å². The second-order valence-electron chi connectivity index (χ2n) is 4.04. The van der Waals surface area contributed by atoms with Gasteiger partial charge in [-0.25, -0.2) is 13.4 Å². The number of hydrogen-bond acceptors (Lipinski definition) is 4. The third kappa shape index (κ3) is 3.27. The molecule has 0 unspecified atom stereocenters. The smallest absolute Gasteiger partial charge is 0.262 e. The zero-order valence-corrected chi connectivity index (χ0v) is 12.4. The predicted molar refractivity (Wildman–Crippen MR) is 73.8 cm³/mol. The zero-order chi connectivity index (χ0) is 13.9. The first-order valence-electron chi connectivity index (χ1n) is 5.57. The van der Waals surface area contributed by atoms with Gasteiger partial charge in [-0.2, -0.15) is 4.31 Å². The Kier molecular flexibility index (Phi) is 4.83. The molecule has 0 radical (unpaired) electrons. The van der Waals surface area contributed by atoms with Crippen molar-refractivity contribution >= 4 is 27.2 Å². The molecule has 1 rings (SSSR count). The van der Waals surface area contributed by atoms with Crippen LogP contribution in [0.25, 0.3) is 0 Å². The van der Waals surface area contributed by atoms with Gasteiger partial charge in [-0.1, -0.05) is 19.1 Å². The predicted octanol–water partition coefficient (Wildman–Crippen LogP) is 0.415. The van der Waals surface area contributed by atoms with Gasteiger partial charge in [-0.3, -0.25) is 0 Å². The molecule has 1 aromatic heterocycles. The number of aryl methyl sites for hydroxylation is 2. The zero-order valence-electron chi connectivity index (χ0n) is 10.8. The monoisotopic (exact) mass is 290 g/mol. The molecule has 0 fully saturated rings. The molecule has 0 saturated carbocycles.